The molecule has 0 aliphatic heterocycles. The lowest BCUT2D eigenvalue weighted by atomic mass is 9.88. The molecule has 3 aromatic rings. The first-order valence-corrected chi connectivity index (χ1v) is 12.1. The first-order chi connectivity index (χ1) is 16.6. The van der Waals surface area contributed by atoms with Gasteiger partial charge in [-0.1, -0.05) is 91.0 Å². The van der Waals surface area contributed by atoms with Crippen molar-refractivity contribution in [2.24, 2.45) is 5.73 Å². The molecule has 34 heavy (non-hydrogen) atoms. The van der Waals surface area contributed by atoms with E-state index in [1.807, 2.05) is 56.3 Å². The molecule has 0 radical (unpaired) electrons. The summed E-state index contributed by atoms with van der Waals surface area (Å²) in [5.41, 5.74) is 9.66. The molecule has 3 rings (SSSR count). The van der Waals surface area contributed by atoms with Gasteiger partial charge in [0.25, 0.3) is 0 Å². The summed E-state index contributed by atoms with van der Waals surface area (Å²) >= 11 is 0. The summed E-state index contributed by atoms with van der Waals surface area (Å²) < 4.78 is 11.5. The van der Waals surface area contributed by atoms with Crippen molar-refractivity contribution in [2.45, 2.75) is 38.5 Å². The molecule has 3 aromatic carbocycles. The van der Waals surface area contributed by atoms with Crippen LogP contribution in [0.1, 0.15) is 48.9 Å². The van der Waals surface area contributed by atoms with Gasteiger partial charge in [-0.25, -0.2) is 0 Å². The zero-order chi connectivity index (χ0) is 24.2. The highest BCUT2D eigenvalue weighted by atomic mass is 16.7. The van der Waals surface area contributed by atoms with Gasteiger partial charge in [0.1, 0.15) is 6.04 Å². The van der Waals surface area contributed by atoms with Gasteiger partial charge in [-0.3, -0.25) is 4.79 Å². The van der Waals surface area contributed by atoms with Gasteiger partial charge in [-0.05, 0) is 37.0 Å². The average molecular weight is 461 g/mol. The molecule has 0 aliphatic rings. The number of hydrogen-bond donors (Lipinski definition) is 1. The Balaban J connectivity index is 1.84. The predicted octanol–water partition coefficient (Wildman–Crippen LogP) is 5.14. The van der Waals surface area contributed by atoms with Crippen LogP contribution >= 0.6 is 0 Å². The van der Waals surface area contributed by atoms with Crippen molar-refractivity contribution < 1.29 is 14.3 Å². The number of carbonyl (C=O) groups is 1. The number of carbonyl (C=O) groups excluding carboxylic acids is 1. The van der Waals surface area contributed by atoms with Gasteiger partial charge in [0.2, 0.25) is 5.91 Å². The van der Waals surface area contributed by atoms with Crippen LogP contribution in [0.5, 0.6) is 0 Å². The van der Waals surface area contributed by atoms with Crippen LogP contribution in [0.15, 0.2) is 91.0 Å². The Morgan fingerprint density at radius 1 is 0.765 bits per heavy atom. The fourth-order valence-corrected chi connectivity index (χ4v) is 4.18. The van der Waals surface area contributed by atoms with E-state index in [2.05, 4.69) is 48.5 Å². The van der Waals surface area contributed by atoms with Crippen molar-refractivity contribution in [1.29, 1.82) is 0 Å². The summed E-state index contributed by atoms with van der Waals surface area (Å²) in [6, 6.07) is 29.6. The lowest BCUT2D eigenvalue weighted by Gasteiger charge is -2.31. The van der Waals surface area contributed by atoms with E-state index < -0.39 is 12.3 Å². The molecule has 0 heterocycles. The molecule has 0 saturated carbocycles. The highest BCUT2D eigenvalue weighted by molar-refractivity contribution is 5.83. The Morgan fingerprint density at radius 3 is 1.65 bits per heavy atom. The summed E-state index contributed by atoms with van der Waals surface area (Å²) in [6.07, 6.45) is 0.264. The molecule has 5 nitrogen and oxygen atoms in total. The molecule has 1 atom stereocenters. The number of nitrogens with two attached hydrogens (primary N) is 1. The van der Waals surface area contributed by atoms with E-state index in [-0.39, 0.29) is 11.8 Å². The van der Waals surface area contributed by atoms with E-state index in [0.29, 0.717) is 26.3 Å². The number of nitrogens with zero attached hydrogens (tertiary/aromatic N) is 1. The van der Waals surface area contributed by atoms with Crippen LogP contribution in [-0.4, -0.2) is 43.4 Å². The topological polar surface area (TPSA) is 64.8 Å². The van der Waals surface area contributed by atoms with Crippen molar-refractivity contribution in [3.05, 3.63) is 108 Å². The quantitative estimate of drug-likeness (QED) is 0.359. The zero-order valence-corrected chi connectivity index (χ0v) is 20.2. The standard InChI is InChI=1S/C29H36N2O3/c1-3-33-27(34-4-2)22-31(29(32)28(30)25-18-12-7-13-19-25)21-20-26(23-14-8-5-9-15-23)24-16-10-6-11-17-24/h5-19,26-28H,3-4,20-22,30H2,1-2H3/t28-/m0/s1. The molecule has 0 unspecified atom stereocenters. The minimum atomic E-state index is -0.739. The van der Waals surface area contributed by atoms with Gasteiger partial charge in [-0.15, -0.1) is 0 Å². The summed E-state index contributed by atoms with van der Waals surface area (Å²) in [5, 5.41) is 0. The maximum absolute atomic E-state index is 13.6. The monoisotopic (exact) mass is 460 g/mol. The van der Waals surface area contributed by atoms with Crippen molar-refractivity contribution in [1.82, 2.24) is 4.90 Å². The largest absolute Gasteiger partial charge is 0.351 e. The Hall–Kier alpha value is -2.99. The van der Waals surface area contributed by atoms with E-state index in [0.717, 1.165) is 12.0 Å². The van der Waals surface area contributed by atoms with Gasteiger partial charge in [0.15, 0.2) is 6.29 Å². The molecule has 0 fully saturated rings. The molecular weight excluding hydrogens is 424 g/mol. The summed E-state index contributed by atoms with van der Waals surface area (Å²) in [7, 11) is 0. The SMILES string of the molecule is CCOC(CN(CCC(c1ccccc1)c1ccccc1)C(=O)[C@@H](N)c1ccccc1)OCC. The second kappa shape index (κ2) is 13.7. The minimum absolute atomic E-state index is 0.129. The number of benzene rings is 3. The van der Waals surface area contributed by atoms with E-state index in [4.69, 9.17) is 15.2 Å². The zero-order valence-electron chi connectivity index (χ0n) is 20.2. The molecule has 1 amide bonds. The van der Waals surface area contributed by atoms with Gasteiger partial charge in [-0.2, -0.15) is 0 Å². The van der Waals surface area contributed by atoms with Crippen molar-refractivity contribution in [2.75, 3.05) is 26.3 Å². The fraction of sp³-hybridized carbons (Fsp3) is 0.345. The molecule has 0 bridgehead atoms. The Kier molecular flexibility index (Phi) is 10.3. The van der Waals surface area contributed by atoms with Crippen LogP contribution in [-0.2, 0) is 14.3 Å². The second-order valence-corrected chi connectivity index (χ2v) is 8.18. The lowest BCUT2D eigenvalue weighted by Crippen LogP contribution is -2.44. The third-order valence-electron chi connectivity index (χ3n) is 5.90. The molecule has 2 N–H and O–H groups in total. The van der Waals surface area contributed by atoms with Crippen LogP contribution in [0.25, 0.3) is 0 Å². The highest BCUT2D eigenvalue weighted by Gasteiger charge is 2.27. The lowest BCUT2D eigenvalue weighted by molar-refractivity contribution is -0.159. The summed E-state index contributed by atoms with van der Waals surface area (Å²) in [6.45, 7) is 5.73. The summed E-state index contributed by atoms with van der Waals surface area (Å²) in [4.78, 5) is 15.4. The van der Waals surface area contributed by atoms with E-state index >= 15 is 0 Å². The molecule has 5 heteroatoms. The maximum Gasteiger partial charge on any atom is 0.244 e. The molecule has 0 saturated heterocycles. The van der Waals surface area contributed by atoms with E-state index in [9.17, 15) is 4.79 Å². The molecule has 0 spiro atoms. The molecule has 0 aromatic heterocycles. The highest BCUT2D eigenvalue weighted by Crippen LogP contribution is 2.28. The molecule has 180 valence electrons. The number of ether oxygens (including phenoxy) is 2. The number of amides is 1. The van der Waals surface area contributed by atoms with Crippen LogP contribution < -0.4 is 5.73 Å². The van der Waals surface area contributed by atoms with Crippen LogP contribution in [0.2, 0.25) is 0 Å². The van der Waals surface area contributed by atoms with Crippen LogP contribution in [0, 0.1) is 0 Å². The van der Waals surface area contributed by atoms with Crippen LogP contribution in [0.3, 0.4) is 0 Å². The average Bonchev–Trinajstić information content (AvgIpc) is 2.89. The van der Waals surface area contributed by atoms with Crippen molar-refractivity contribution >= 4 is 5.91 Å². The normalized spacial score (nSPS) is 12.1. The molecule has 0 aliphatic carbocycles. The molecular formula is C29H36N2O3. The van der Waals surface area contributed by atoms with E-state index in [1.54, 1.807) is 4.90 Å². The predicted molar refractivity (Wildman–Crippen MR) is 136 cm³/mol. The number of rotatable bonds is 13. The first-order valence-electron chi connectivity index (χ1n) is 12.1. The fourth-order valence-electron chi connectivity index (χ4n) is 4.18. The van der Waals surface area contributed by atoms with Crippen LogP contribution in [0.4, 0.5) is 0 Å². The van der Waals surface area contributed by atoms with Gasteiger partial charge in [0.05, 0.1) is 6.54 Å². The maximum atomic E-state index is 13.6. The van der Waals surface area contributed by atoms with Gasteiger partial charge < -0.3 is 20.1 Å². The Morgan fingerprint density at radius 2 is 1.21 bits per heavy atom. The minimum Gasteiger partial charge on any atom is -0.351 e. The van der Waals surface area contributed by atoms with Gasteiger partial charge in [0, 0.05) is 25.7 Å². The van der Waals surface area contributed by atoms with Gasteiger partial charge >= 0.3 is 0 Å². The smallest absolute Gasteiger partial charge is 0.244 e. The third kappa shape index (κ3) is 7.26. The van der Waals surface area contributed by atoms with Crippen molar-refractivity contribution in [3.8, 4) is 0 Å². The summed E-state index contributed by atoms with van der Waals surface area (Å²) in [5.74, 6) is 0.0266. The first kappa shape index (κ1) is 25.6. The number of hydrogen-bond acceptors (Lipinski definition) is 4. The Labute approximate surface area is 203 Å². The van der Waals surface area contributed by atoms with E-state index in [1.165, 1.54) is 11.1 Å². The van der Waals surface area contributed by atoms with Crippen molar-refractivity contribution in [3.63, 3.8) is 0 Å². The Bertz CT molecular complexity index is 921. The third-order valence-corrected chi connectivity index (χ3v) is 5.90. The second-order valence-electron chi connectivity index (χ2n) is 8.18.